The second-order valence-electron chi connectivity index (χ2n) is 4.33. The van der Waals surface area contributed by atoms with Crippen LogP contribution in [0.2, 0.25) is 0 Å². The summed E-state index contributed by atoms with van der Waals surface area (Å²) in [6, 6.07) is 0. The molecule has 0 saturated heterocycles. The van der Waals surface area contributed by atoms with Crippen LogP contribution in [0.25, 0.3) is 0 Å². The van der Waals surface area contributed by atoms with Crippen LogP contribution in [0.15, 0.2) is 4.52 Å². The van der Waals surface area contributed by atoms with E-state index in [0.29, 0.717) is 18.3 Å². The minimum atomic E-state index is -0.0532. The predicted octanol–water partition coefficient (Wildman–Crippen LogP) is 0.725. The van der Waals surface area contributed by atoms with Gasteiger partial charge in [-0.1, -0.05) is 5.16 Å². The molecule has 0 unspecified atom stereocenters. The van der Waals surface area contributed by atoms with E-state index in [0.717, 1.165) is 12.8 Å². The Labute approximate surface area is 89.1 Å². The van der Waals surface area contributed by atoms with Crippen molar-refractivity contribution < 1.29 is 9.63 Å². The monoisotopic (exact) mass is 211 g/mol. The highest BCUT2D eigenvalue weighted by molar-refractivity contribution is 4.97. The van der Waals surface area contributed by atoms with E-state index in [1.165, 1.54) is 6.42 Å². The molecule has 5 heteroatoms. The number of aliphatic hydroxyl groups is 1. The summed E-state index contributed by atoms with van der Waals surface area (Å²) in [5.41, 5.74) is -0.0532. The van der Waals surface area contributed by atoms with E-state index in [-0.39, 0.29) is 12.1 Å². The van der Waals surface area contributed by atoms with E-state index in [1.807, 2.05) is 7.05 Å². The zero-order valence-corrected chi connectivity index (χ0v) is 9.23. The number of rotatable bonds is 4. The Bertz CT molecular complexity index is 328. The highest BCUT2D eigenvalue weighted by atomic mass is 16.5. The zero-order valence-electron chi connectivity index (χ0n) is 9.23. The summed E-state index contributed by atoms with van der Waals surface area (Å²) >= 11 is 0. The number of aliphatic hydroxyl groups excluding tert-OH is 1. The molecule has 1 aromatic rings. The molecule has 0 aliphatic heterocycles. The zero-order chi connectivity index (χ0) is 10.9. The Kier molecular flexibility index (Phi) is 2.75. The van der Waals surface area contributed by atoms with Crippen LogP contribution >= 0.6 is 0 Å². The molecule has 84 valence electrons. The van der Waals surface area contributed by atoms with E-state index in [4.69, 9.17) is 4.52 Å². The van der Waals surface area contributed by atoms with Gasteiger partial charge in [-0.05, 0) is 33.2 Å². The van der Waals surface area contributed by atoms with Crippen LogP contribution in [0.1, 0.15) is 31.0 Å². The first kappa shape index (κ1) is 10.6. The predicted molar refractivity (Wildman–Crippen MR) is 54.2 cm³/mol. The van der Waals surface area contributed by atoms with Gasteiger partial charge in [-0.2, -0.15) is 4.98 Å². The van der Waals surface area contributed by atoms with E-state index in [2.05, 4.69) is 15.0 Å². The number of hydrogen-bond donors (Lipinski definition) is 1. The molecule has 1 aromatic heterocycles. The lowest BCUT2D eigenvalue weighted by molar-refractivity contribution is -0.0223. The second kappa shape index (κ2) is 3.90. The molecule has 1 aliphatic carbocycles. The number of nitrogens with zero attached hydrogens (tertiary/aromatic N) is 3. The quantitative estimate of drug-likeness (QED) is 0.795. The first-order valence-corrected chi connectivity index (χ1v) is 5.28. The molecule has 5 nitrogen and oxygen atoms in total. The fourth-order valence-electron chi connectivity index (χ4n) is 2.02. The molecule has 1 N–H and O–H groups in total. The van der Waals surface area contributed by atoms with Gasteiger partial charge in [0.25, 0.3) is 0 Å². The third-order valence-electron chi connectivity index (χ3n) is 3.33. The Balaban J connectivity index is 1.99. The lowest BCUT2D eigenvalue weighted by Crippen LogP contribution is -2.54. The molecule has 1 heterocycles. The highest BCUT2D eigenvalue weighted by Crippen LogP contribution is 2.36. The maximum Gasteiger partial charge on any atom is 0.240 e. The topological polar surface area (TPSA) is 62.4 Å². The SMILES string of the molecule is Cc1noc(CN(C)C2(CO)CCC2)n1. The molecular formula is C10H17N3O2. The molecule has 1 fully saturated rings. The van der Waals surface area contributed by atoms with Crippen molar-refractivity contribution in [3.63, 3.8) is 0 Å². The second-order valence-corrected chi connectivity index (χ2v) is 4.33. The Morgan fingerprint density at radius 3 is 2.67 bits per heavy atom. The summed E-state index contributed by atoms with van der Waals surface area (Å²) in [6.45, 7) is 2.62. The average molecular weight is 211 g/mol. The Hall–Kier alpha value is -0.940. The van der Waals surface area contributed by atoms with Gasteiger partial charge < -0.3 is 9.63 Å². The molecule has 0 amide bonds. The van der Waals surface area contributed by atoms with Crippen molar-refractivity contribution >= 4 is 0 Å². The number of aromatic nitrogens is 2. The van der Waals surface area contributed by atoms with Gasteiger partial charge in [0.05, 0.1) is 13.2 Å². The van der Waals surface area contributed by atoms with Crippen LogP contribution in [-0.2, 0) is 6.54 Å². The number of aryl methyl sites for hydroxylation is 1. The number of hydrogen-bond acceptors (Lipinski definition) is 5. The molecule has 0 aromatic carbocycles. The Morgan fingerprint density at radius 2 is 2.27 bits per heavy atom. The summed E-state index contributed by atoms with van der Waals surface area (Å²) in [5, 5.41) is 13.1. The molecule has 0 radical (unpaired) electrons. The van der Waals surface area contributed by atoms with Gasteiger partial charge in [0.2, 0.25) is 5.89 Å². The van der Waals surface area contributed by atoms with Crippen molar-refractivity contribution in [2.45, 2.75) is 38.3 Å². The standard InChI is InChI=1S/C10H17N3O2/c1-8-11-9(15-12-8)6-13(2)10(7-14)4-3-5-10/h14H,3-7H2,1-2H3. The fourth-order valence-corrected chi connectivity index (χ4v) is 2.02. The minimum Gasteiger partial charge on any atom is -0.394 e. The van der Waals surface area contributed by atoms with Gasteiger partial charge in [0.1, 0.15) is 0 Å². The fraction of sp³-hybridized carbons (Fsp3) is 0.800. The van der Waals surface area contributed by atoms with Gasteiger partial charge in [0.15, 0.2) is 5.82 Å². The van der Waals surface area contributed by atoms with E-state index in [9.17, 15) is 5.11 Å². The summed E-state index contributed by atoms with van der Waals surface area (Å²) in [6.07, 6.45) is 3.29. The first-order valence-electron chi connectivity index (χ1n) is 5.28. The lowest BCUT2D eigenvalue weighted by Gasteiger charge is -2.47. The van der Waals surface area contributed by atoms with Crippen molar-refractivity contribution in [3.05, 3.63) is 11.7 Å². The van der Waals surface area contributed by atoms with Gasteiger partial charge in [-0.3, -0.25) is 4.90 Å². The Morgan fingerprint density at radius 1 is 1.53 bits per heavy atom. The molecule has 15 heavy (non-hydrogen) atoms. The van der Waals surface area contributed by atoms with Crippen LogP contribution in [0.4, 0.5) is 0 Å². The normalized spacial score (nSPS) is 19.2. The van der Waals surface area contributed by atoms with Crippen molar-refractivity contribution in [2.24, 2.45) is 0 Å². The average Bonchev–Trinajstić information content (AvgIpc) is 2.50. The van der Waals surface area contributed by atoms with Crippen molar-refractivity contribution in [2.75, 3.05) is 13.7 Å². The van der Waals surface area contributed by atoms with Gasteiger partial charge in [-0.15, -0.1) is 0 Å². The largest absolute Gasteiger partial charge is 0.394 e. The van der Waals surface area contributed by atoms with Crippen molar-refractivity contribution in [1.82, 2.24) is 15.0 Å². The van der Waals surface area contributed by atoms with Gasteiger partial charge in [0, 0.05) is 5.54 Å². The summed E-state index contributed by atoms with van der Waals surface area (Å²) in [7, 11) is 1.99. The first-order chi connectivity index (χ1) is 7.16. The van der Waals surface area contributed by atoms with E-state index >= 15 is 0 Å². The lowest BCUT2D eigenvalue weighted by atomic mass is 9.76. The van der Waals surface area contributed by atoms with Crippen LogP contribution in [0.5, 0.6) is 0 Å². The molecule has 0 spiro atoms. The van der Waals surface area contributed by atoms with Crippen LogP contribution < -0.4 is 0 Å². The molecule has 0 bridgehead atoms. The molecular weight excluding hydrogens is 194 g/mol. The summed E-state index contributed by atoms with van der Waals surface area (Å²) in [5.74, 6) is 1.28. The third kappa shape index (κ3) is 1.89. The molecule has 1 saturated carbocycles. The minimum absolute atomic E-state index is 0.0532. The molecule has 1 aliphatic rings. The summed E-state index contributed by atoms with van der Waals surface area (Å²) in [4.78, 5) is 6.27. The number of likely N-dealkylation sites (N-methyl/N-ethyl adjacent to an activating group) is 1. The van der Waals surface area contributed by atoms with E-state index in [1.54, 1.807) is 6.92 Å². The molecule has 0 atom stereocenters. The van der Waals surface area contributed by atoms with Crippen LogP contribution in [0, 0.1) is 6.92 Å². The third-order valence-corrected chi connectivity index (χ3v) is 3.33. The maximum atomic E-state index is 9.38. The van der Waals surface area contributed by atoms with Crippen molar-refractivity contribution in [1.29, 1.82) is 0 Å². The smallest absolute Gasteiger partial charge is 0.240 e. The van der Waals surface area contributed by atoms with E-state index < -0.39 is 0 Å². The maximum absolute atomic E-state index is 9.38. The van der Waals surface area contributed by atoms with Crippen molar-refractivity contribution in [3.8, 4) is 0 Å². The molecule has 2 rings (SSSR count). The van der Waals surface area contributed by atoms with Gasteiger partial charge >= 0.3 is 0 Å². The summed E-state index contributed by atoms with van der Waals surface area (Å²) < 4.78 is 5.06. The van der Waals surface area contributed by atoms with Gasteiger partial charge in [-0.25, -0.2) is 0 Å². The van der Waals surface area contributed by atoms with Crippen LogP contribution in [-0.4, -0.2) is 39.3 Å². The highest BCUT2D eigenvalue weighted by Gasteiger charge is 2.40. The van der Waals surface area contributed by atoms with Crippen LogP contribution in [0.3, 0.4) is 0 Å².